The molecule has 0 saturated heterocycles. The van der Waals surface area contributed by atoms with Crippen LogP contribution in [0.4, 0.5) is 4.39 Å². The molecule has 1 aromatic heterocycles. The van der Waals surface area contributed by atoms with Crippen molar-refractivity contribution in [1.82, 2.24) is 15.1 Å². The largest absolute Gasteiger partial charge is 0.390 e. The number of nitrogens with one attached hydrogen (secondary N) is 1. The van der Waals surface area contributed by atoms with E-state index in [-0.39, 0.29) is 11.2 Å². The number of rotatable bonds is 5. The van der Waals surface area contributed by atoms with E-state index in [9.17, 15) is 9.50 Å². The van der Waals surface area contributed by atoms with Crippen molar-refractivity contribution in [3.63, 3.8) is 0 Å². The minimum atomic E-state index is -0.445. The highest BCUT2D eigenvalue weighted by Gasteiger charge is 2.58. The van der Waals surface area contributed by atoms with E-state index in [1.165, 1.54) is 25.3 Å². The molecule has 0 radical (unpaired) electrons. The third kappa shape index (κ3) is 3.01. The summed E-state index contributed by atoms with van der Waals surface area (Å²) in [6.07, 6.45) is 10.2. The van der Waals surface area contributed by atoms with Crippen molar-refractivity contribution in [2.45, 2.75) is 63.6 Å². The highest BCUT2D eigenvalue weighted by molar-refractivity contribution is 5.40. The molecule has 3 atom stereocenters. The third-order valence-corrected chi connectivity index (χ3v) is 7.39. The van der Waals surface area contributed by atoms with Crippen molar-refractivity contribution in [3.8, 4) is 5.69 Å². The fourth-order valence-electron chi connectivity index (χ4n) is 6.60. The number of hydrogen-bond acceptors (Lipinski definition) is 3. The lowest BCUT2D eigenvalue weighted by molar-refractivity contribution is -0.172. The van der Waals surface area contributed by atoms with Crippen LogP contribution in [0.25, 0.3) is 5.69 Å². The van der Waals surface area contributed by atoms with Crippen LogP contribution in [0.15, 0.2) is 36.7 Å². The SMILES string of the molecule is CC(NCc1cc(F)ccc1-n1cccn1)C12CC3CC(CC(O)(C3)C1)C2. The Hall–Kier alpha value is -1.72. The number of aliphatic hydroxyl groups is 1. The molecule has 4 aliphatic rings. The molecule has 5 heteroatoms. The van der Waals surface area contributed by atoms with Gasteiger partial charge in [0.25, 0.3) is 0 Å². The van der Waals surface area contributed by atoms with Crippen LogP contribution in [0.1, 0.15) is 51.0 Å². The number of halogens is 1. The molecule has 1 aromatic carbocycles. The van der Waals surface area contributed by atoms with Crippen LogP contribution < -0.4 is 5.32 Å². The van der Waals surface area contributed by atoms with E-state index in [2.05, 4.69) is 17.3 Å². The summed E-state index contributed by atoms with van der Waals surface area (Å²) in [6.45, 7) is 2.85. The summed E-state index contributed by atoms with van der Waals surface area (Å²) >= 11 is 0. The van der Waals surface area contributed by atoms with Crippen LogP contribution in [-0.2, 0) is 6.54 Å². The molecule has 144 valence electrons. The normalized spacial score (nSPS) is 35.5. The van der Waals surface area contributed by atoms with Crippen LogP contribution in [0, 0.1) is 23.1 Å². The predicted octanol–water partition coefficient (Wildman–Crippen LogP) is 3.82. The standard InChI is InChI=1S/C22H28FN3O/c1-15(21-9-16-7-17(10-21)12-22(27,11-16)14-21)24-13-18-8-19(23)3-4-20(18)26-6-2-5-25-26/h2-6,8,15-17,24,27H,7,9-14H2,1H3. The van der Waals surface area contributed by atoms with Gasteiger partial charge in [0, 0.05) is 25.0 Å². The molecular formula is C22H28FN3O. The van der Waals surface area contributed by atoms with Crippen molar-refractivity contribution in [1.29, 1.82) is 0 Å². The Morgan fingerprint density at radius 3 is 2.74 bits per heavy atom. The first-order chi connectivity index (χ1) is 12.9. The third-order valence-electron chi connectivity index (χ3n) is 7.39. The molecule has 2 aromatic rings. The van der Waals surface area contributed by atoms with Gasteiger partial charge in [-0.25, -0.2) is 9.07 Å². The lowest BCUT2D eigenvalue weighted by Crippen LogP contribution is -2.61. The Kier molecular flexibility index (Phi) is 3.96. The van der Waals surface area contributed by atoms with Gasteiger partial charge in [-0.3, -0.25) is 0 Å². The highest BCUT2D eigenvalue weighted by atomic mass is 19.1. The minimum absolute atomic E-state index is 0.179. The topological polar surface area (TPSA) is 50.1 Å². The van der Waals surface area contributed by atoms with Gasteiger partial charge >= 0.3 is 0 Å². The first kappa shape index (κ1) is 17.4. The molecule has 4 bridgehead atoms. The zero-order valence-corrected chi connectivity index (χ0v) is 15.9. The summed E-state index contributed by atoms with van der Waals surface area (Å²) in [5.41, 5.74) is 1.55. The van der Waals surface area contributed by atoms with Crippen molar-refractivity contribution >= 4 is 0 Å². The second kappa shape index (κ2) is 6.14. The fourth-order valence-corrected chi connectivity index (χ4v) is 6.60. The lowest BCUT2D eigenvalue weighted by atomic mass is 9.46. The molecule has 2 N–H and O–H groups in total. The Bertz CT molecular complexity index is 820. The van der Waals surface area contributed by atoms with E-state index in [4.69, 9.17) is 0 Å². The molecule has 0 aliphatic heterocycles. The van der Waals surface area contributed by atoms with Crippen molar-refractivity contribution < 1.29 is 9.50 Å². The zero-order chi connectivity index (χ0) is 18.6. The van der Waals surface area contributed by atoms with Gasteiger partial charge in [0.15, 0.2) is 0 Å². The van der Waals surface area contributed by atoms with E-state index in [0.29, 0.717) is 24.4 Å². The fraction of sp³-hybridized carbons (Fsp3) is 0.591. The molecule has 4 fully saturated rings. The second-order valence-electron chi connectivity index (χ2n) is 9.37. The number of aromatic nitrogens is 2. The van der Waals surface area contributed by atoms with Gasteiger partial charge in [0.2, 0.25) is 0 Å². The average molecular weight is 369 g/mol. The second-order valence-corrected chi connectivity index (χ2v) is 9.37. The minimum Gasteiger partial charge on any atom is -0.390 e. The molecule has 0 amide bonds. The first-order valence-electron chi connectivity index (χ1n) is 10.2. The Labute approximate surface area is 159 Å². The summed E-state index contributed by atoms with van der Waals surface area (Å²) in [4.78, 5) is 0. The van der Waals surface area contributed by atoms with Crippen LogP contribution in [-0.4, -0.2) is 26.5 Å². The molecule has 3 unspecified atom stereocenters. The van der Waals surface area contributed by atoms with Crippen LogP contribution in [0.5, 0.6) is 0 Å². The molecule has 4 aliphatic carbocycles. The predicted molar refractivity (Wildman–Crippen MR) is 102 cm³/mol. The summed E-state index contributed by atoms with van der Waals surface area (Å²) < 4.78 is 15.7. The smallest absolute Gasteiger partial charge is 0.123 e. The van der Waals surface area contributed by atoms with Crippen molar-refractivity contribution in [3.05, 3.63) is 48.0 Å². The molecule has 0 spiro atoms. The average Bonchev–Trinajstić information content (AvgIpc) is 3.12. The van der Waals surface area contributed by atoms with Gasteiger partial charge in [-0.05, 0) is 92.5 Å². The van der Waals surface area contributed by atoms with Crippen molar-refractivity contribution in [2.24, 2.45) is 17.3 Å². The molecule has 4 nitrogen and oxygen atoms in total. The van der Waals surface area contributed by atoms with Gasteiger partial charge in [-0.1, -0.05) is 0 Å². The van der Waals surface area contributed by atoms with Crippen molar-refractivity contribution in [2.75, 3.05) is 0 Å². The van der Waals surface area contributed by atoms with Crippen LogP contribution in [0.3, 0.4) is 0 Å². The number of benzene rings is 1. The molecular weight excluding hydrogens is 341 g/mol. The molecule has 27 heavy (non-hydrogen) atoms. The monoisotopic (exact) mass is 369 g/mol. The van der Waals surface area contributed by atoms with E-state index in [1.807, 2.05) is 12.3 Å². The molecule has 6 rings (SSSR count). The van der Waals surface area contributed by atoms with Crippen LogP contribution >= 0.6 is 0 Å². The van der Waals surface area contributed by atoms with E-state index in [0.717, 1.165) is 30.5 Å². The number of nitrogens with zero attached hydrogens (tertiary/aromatic N) is 2. The van der Waals surface area contributed by atoms with Gasteiger partial charge in [-0.2, -0.15) is 5.10 Å². The summed E-state index contributed by atoms with van der Waals surface area (Å²) in [5.74, 6) is 1.13. The lowest BCUT2D eigenvalue weighted by Gasteiger charge is -2.62. The van der Waals surface area contributed by atoms with E-state index >= 15 is 0 Å². The highest BCUT2D eigenvalue weighted by Crippen LogP contribution is 2.62. The molecule has 1 heterocycles. The Morgan fingerprint density at radius 1 is 1.30 bits per heavy atom. The van der Waals surface area contributed by atoms with Gasteiger partial charge in [0.1, 0.15) is 5.82 Å². The van der Waals surface area contributed by atoms with Gasteiger partial charge in [0.05, 0.1) is 11.3 Å². The van der Waals surface area contributed by atoms with Gasteiger partial charge < -0.3 is 10.4 Å². The maximum atomic E-state index is 13.9. The zero-order valence-electron chi connectivity index (χ0n) is 15.9. The quantitative estimate of drug-likeness (QED) is 0.842. The molecule has 4 saturated carbocycles. The Morgan fingerprint density at radius 2 is 2.07 bits per heavy atom. The van der Waals surface area contributed by atoms with E-state index in [1.54, 1.807) is 23.0 Å². The number of hydrogen-bond donors (Lipinski definition) is 2. The van der Waals surface area contributed by atoms with E-state index < -0.39 is 5.60 Å². The summed E-state index contributed by atoms with van der Waals surface area (Å²) in [6, 6.07) is 7.04. The maximum absolute atomic E-state index is 13.9. The first-order valence-corrected chi connectivity index (χ1v) is 10.2. The summed E-state index contributed by atoms with van der Waals surface area (Å²) in [5, 5.41) is 19.0. The van der Waals surface area contributed by atoms with Crippen LogP contribution in [0.2, 0.25) is 0 Å². The van der Waals surface area contributed by atoms with Gasteiger partial charge in [-0.15, -0.1) is 0 Å². The Balaban J connectivity index is 1.36. The maximum Gasteiger partial charge on any atom is 0.123 e. The summed E-state index contributed by atoms with van der Waals surface area (Å²) in [7, 11) is 0.